The van der Waals surface area contributed by atoms with Crippen LogP contribution in [0.2, 0.25) is 5.02 Å². The molecule has 1 aromatic rings. The molecule has 0 aliphatic carbocycles. The second-order valence-corrected chi connectivity index (χ2v) is 5.85. The van der Waals surface area contributed by atoms with Crippen LogP contribution in [0.25, 0.3) is 0 Å². The van der Waals surface area contributed by atoms with Crippen molar-refractivity contribution in [3.05, 3.63) is 33.3 Å². The Kier molecular flexibility index (Phi) is 5.67. The Morgan fingerprint density at radius 1 is 1.37 bits per heavy atom. The standard InChI is InChI=1S/C10H14ClN3O4S/c11-8-4-3-5-9(14(15)16)10(8)19(17,18)13-7-2-1-6-12/h3-5,13H,1-2,6-7,12H2. The van der Waals surface area contributed by atoms with Crippen LogP contribution in [-0.2, 0) is 10.0 Å². The van der Waals surface area contributed by atoms with Crippen molar-refractivity contribution in [3.63, 3.8) is 0 Å². The van der Waals surface area contributed by atoms with Crippen LogP contribution in [0.15, 0.2) is 23.1 Å². The van der Waals surface area contributed by atoms with E-state index in [0.717, 1.165) is 6.07 Å². The van der Waals surface area contributed by atoms with E-state index < -0.39 is 25.5 Å². The number of nitro benzene ring substituents is 1. The fourth-order valence-electron chi connectivity index (χ4n) is 1.46. The molecule has 0 spiro atoms. The monoisotopic (exact) mass is 307 g/mol. The molecule has 0 amide bonds. The Bertz CT molecular complexity index is 562. The number of nitrogens with zero attached hydrogens (tertiary/aromatic N) is 1. The predicted octanol–water partition coefficient (Wildman–Crippen LogP) is 1.27. The Labute approximate surface area is 115 Å². The van der Waals surface area contributed by atoms with Crippen LogP contribution in [-0.4, -0.2) is 26.4 Å². The third-order valence-corrected chi connectivity index (χ3v) is 4.31. The number of nitrogens with two attached hydrogens (primary N) is 1. The zero-order chi connectivity index (χ0) is 14.5. The molecule has 0 unspecified atom stereocenters. The minimum Gasteiger partial charge on any atom is -0.330 e. The Balaban J connectivity index is 3.04. The van der Waals surface area contributed by atoms with E-state index in [2.05, 4.69) is 4.72 Å². The summed E-state index contributed by atoms with van der Waals surface area (Å²) in [7, 11) is -4.01. The molecule has 9 heteroatoms. The van der Waals surface area contributed by atoms with Crippen molar-refractivity contribution in [2.24, 2.45) is 5.73 Å². The number of nitro groups is 1. The van der Waals surface area contributed by atoms with Gasteiger partial charge in [0.25, 0.3) is 5.69 Å². The van der Waals surface area contributed by atoms with Gasteiger partial charge in [-0.2, -0.15) is 0 Å². The van der Waals surface area contributed by atoms with E-state index in [-0.39, 0.29) is 11.6 Å². The van der Waals surface area contributed by atoms with Crippen molar-refractivity contribution < 1.29 is 13.3 Å². The van der Waals surface area contributed by atoms with Gasteiger partial charge in [0.2, 0.25) is 10.0 Å². The van der Waals surface area contributed by atoms with Crippen LogP contribution in [0.4, 0.5) is 5.69 Å². The lowest BCUT2D eigenvalue weighted by Crippen LogP contribution is -2.26. The van der Waals surface area contributed by atoms with Gasteiger partial charge < -0.3 is 5.73 Å². The number of benzene rings is 1. The van der Waals surface area contributed by atoms with E-state index in [0.29, 0.717) is 19.4 Å². The van der Waals surface area contributed by atoms with Crippen LogP contribution >= 0.6 is 11.6 Å². The Hall–Kier alpha value is -1.22. The summed E-state index contributed by atoms with van der Waals surface area (Å²) in [6, 6.07) is 3.72. The van der Waals surface area contributed by atoms with E-state index in [9.17, 15) is 18.5 Å². The number of unbranched alkanes of at least 4 members (excludes halogenated alkanes) is 1. The quantitative estimate of drug-likeness (QED) is 0.447. The van der Waals surface area contributed by atoms with Gasteiger partial charge in [-0.1, -0.05) is 17.7 Å². The first-order chi connectivity index (χ1) is 8.90. The molecule has 0 aliphatic rings. The maximum atomic E-state index is 12.0. The topological polar surface area (TPSA) is 115 Å². The summed E-state index contributed by atoms with van der Waals surface area (Å²) in [6.45, 7) is 0.607. The first-order valence-electron chi connectivity index (χ1n) is 5.53. The summed E-state index contributed by atoms with van der Waals surface area (Å²) in [5.41, 5.74) is 4.75. The summed E-state index contributed by atoms with van der Waals surface area (Å²) in [5.74, 6) is 0. The highest BCUT2D eigenvalue weighted by Gasteiger charge is 2.28. The van der Waals surface area contributed by atoms with Crippen LogP contribution in [0.1, 0.15) is 12.8 Å². The molecule has 7 nitrogen and oxygen atoms in total. The van der Waals surface area contributed by atoms with E-state index in [4.69, 9.17) is 17.3 Å². The van der Waals surface area contributed by atoms with Crippen molar-refractivity contribution in [2.45, 2.75) is 17.7 Å². The van der Waals surface area contributed by atoms with Crippen molar-refractivity contribution in [2.75, 3.05) is 13.1 Å². The molecule has 0 fully saturated rings. The smallest absolute Gasteiger partial charge is 0.290 e. The summed E-state index contributed by atoms with van der Waals surface area (Å²) in [4.78, 5) is 9.55. The van der Waals surface area contributed by atoms with Gasteiger partial charge in [-0.15, -0.1) is 0 Å². The van der Waals surface area contributed by atoms with Crippen LogP contribution < -0.4 is 10.5 Å². The molecule has 0 aromatic heterocycles. The average molecular weight is 308 g/mol. The third kappa shape index (κ3) is 4.13. The maximum Gasteiger partial charge on any atom is 0.290 e. The molecule has 3 N–H and O–H groups in total. The van der Waals surface area contributed by atoms with Gasteiger partial charge in [-0.05, 0) is 25.5 Å². The number of rotatable bonds is 7. The molecule has 0 radical (unpaired) electrons. The fourth-order valence-corrected chi connectivity index (χ4v) is 3.23. The summed E-state index contributed by atoms with van der Waals surface area (Å²) < 4.78 is 26.3. The lowest BCUT2D eigenvalue weighted by Gasteiger charge is -2.08. The molecule has 19 heavy (non-hydrogen) atoms. The molecule has 1 rings (SSSR count). The number of hydrogen-bond donors (Lipinski definition) is 2. The normalized spacial score (nSPS) is 11.5. The van der Waals surface area contributed by atoms with Crippen LogP contribution in [0.3, 0.4) is 0 Å². The van der Waals surface area contributed by atoms with Gasteiger partial charge >= 0.3 is 0 Å². The minimum atomic E-state index is -4.01. The first kappa shape index (κ1) is 15.8. The van der Waals surface area contributed by atoms with Crippen LogP contribution in [0, 0.1) is 10.1 Å². The molecule has 106 valence electrons. The summed E-state index contributed by atoms with van der Waals surface area (Å²) in [5, 5.41) is 10.7. The highest BCUT2D eigenvalue weighted by atomic mass is 35.5. The molecular weight excluding hydrogens is 294 g/mol. The molecule has 0 saturated carbocycles. The molecule has 0 heterocycles. The SMILES string of the molecule is NCCCCNS(=O)(=O)c1c(Cl)cccc1[N+](=O)[O-]. The molecule has 0 atom stereocenters. The largest absolute Gasteiger partial charge is 0.330 e. The zero-order valence-electron chi connectivity index (χ0n) is 10.0. The van der Waals surface area contributed by atoms with Crippen molar-refractivity contribution >= 4 is 27.3 Å². The van der Waals surface area contributed by atoms with E-state index in [1.54, 1.807) is 0 Å². The number of sulfonamides is 1. The Morgan fingerprint density at radius 3 is 2.63 bits per heavy atom. The molecule has 1 aromatic carbocycles. The van der Waals surface area contributed by atoms with Crippen LogP contribution in [0.5, 0.6) is 0 Å². The van der Waals surface area contributed by atoms with Gasteiger partial charge in [0.05, 0.1) is 9.95 Å². The van der Waals surface area contributed by atoms with E-state index in [1.165, 1.54) is 12.1 Å². The maximum absolute atomic E-state index is 12.0. The van der Waals surface area contributed by atoms with Crippen molar-refractivity contribution in [1.82, 2.24) is 4.72 Å². The lowest BCUT2D eigenvalue weighted by atomic mass is 10.3. The molecular formula is C10H14ClN3O4S. The lowest BCUT2D eigenvalue weighted by molar-refractivity contribution is -0.387. The van der Waals surface area contributed by atoms with Gasteiger partial charge in [-0.3, -0.25) is 10.1 Å². The molecule has 0 aliphatic heterocycles. The predicted molar refractivity (Wildman–Crippen MR) is 71.6 cm³/mol. The number of hydrogen-bond acceptors (Lipinski definition) is 5. The van der Waals surface area contributed by atoms with Crippen molar-refractivity contribution in [3.8, 4) is 0 Å². The average Bonchev–Trinajstić information content (AvgIpc) is 2.34. The number of nitrogens with one attached hydrogen (secondary N) is 1. The van der Waals surface area contributed by atoms with Gasteiger partial charge in [-0.25, -0.2) is 13.1 Å². The van der Waals surface area contributed by atoms with Gasteiger partial charge in [0.1, 0.15) is 0 Å². The molecule has 0 saturated heterocycles. The first-order valence-corrected chi connectivity index (χ1v) is 7.39. The minimum absolute atomic E-state index is 0.155. The highest BCUT2D eigenvalue weighted by molar-refractivity contribution is 7.89. The zero-order valence-corrected chi connectivity index (χ0v) is 11.6. The second kappa shape index (κ2) is 6.80. The van der Waals surface area contributed by atoms with Crippen molar-refractivity contribution in [1.29, 1.82) is 0 Å². The number of halogens is 1. The summed E-state index contributed by atoms with van der Waals surface area (Å²) >= 11 is 5.75. The fraction of sp³-hybridized carbons (Fsp3) is 0.400. The molecule has 0 bridgehead atoms. The third-order valence-electron chi connectivity index (χ3n) is 2.33. The van der Waals surface area contributed by atoms with Gasteiger partial charge in [0.15, 0.2) is 4.90 Å². The second-order valence-electron chi connectivity index (χ2n) is 3.74. The summed E-state index contributed by atoms with van der Waals surface area (Å²) in [6.07, 6.45) is 1.21. The van der Waals surface area contributed by atoms with E-state index in [1.807, 2.05) is 0 Å². The Morgan fingerprint density at radius 2 is 2.05 bits per heavy atom. The van der Waals surface area contributed by atoms with Gasteiger partial charge in [0, 0.05) is 12.6 Å². The highest BCUT2D eigenvalue weighted by Crippen LogP contribution is 2.30. The van der Waals surface area contributed by atoms with E-state index >= 15 is 0 Å².